The van der Waals surface area contributed by atoms with Crippen LogP contribution in [0.2, 0.25) is 0 Å². The van der Waals surface area contributed by atoms with E-state index in [0.29, 0.717) is 23.9 Å². The standard InChI is InChI=1S/C14H19NO2/c1-15(11-6-5-7-11)10-13(16)12-8-3-4-9-14(12)17-2/h3-4,8-9,11H,5-7,10H2,1-2H3. The van der Waals surface area contributed by atoms with Crippen molar-refractivity contribution in [1.29, 1.82) is 0 Å². The zero-order chi connectivity index (χ0) is 12.3. The average Bonchev–Trinajstić information content (AvgIpc) is 2.26. The number of para-hydroxylation sites is 1. The van der Waals surface area contributed by atoms with E-state index in [4.69, 9.17) is 4.74 Å². The van der Waals surface area contributed by atoms with Crippen molar-refractivity contribution in [2.45, 2.75) is 25.3 Å². The van der Waals surface area contributed by atoms with Crippen LogP contribution in [0.5, 0.6) is 5.75 Å². The van der Waals surface area contributed by atoms with Crippen LogP contribution in [0, 0.1) is 0 Å². The van der Waals surface area contributed by atoms with Crippen LogP contribution in [0.15, 0.2) is 24.3 Å². The monoisotopic (exact) mass is 233 g/mol. The van der Waals surface area contributed by atoms with E-state index < -0.39 is 0 Å². The molecule has 1 fully saturated rings. The summed E-state index contributed by atoms with van der Waals surface area (Å²) in [5.74, 6) is 0.802. The molecule has 1 aromatic carbocycles. The molecule has 1 saturated carbocycles. The zero-order valence-electron chi connectivity index (χ0n) is 10.5. The number of carbonyl (C=O) groups excluding carboxylic acids is 1. The number of ether oxygens (including phenoxy) is 1. The highest BCUT2D eigenvalue weighted by Gasteiger charge is 2.24. The van der Waals surface area contributed by atoms with E-state index in [1.807, 2.05) is 31.3 Å². The maximum atomic E-state index is 12.2. The Morgan fingerprint density at radius 2 is 2.12 bits per heavy atom. The van der Waals surface area contributed by atoms with Crippen LogP contribution in [0.25, 0.3) is 0 Å². The molecule has 2 rings (SSSR count). The van der Waals surface area contributed by atoms with Crippen molar-refractivity contribution in [1.82, 2.24) is 4.90 Å². The smallest absolute Gasteiger partial charge is 0.180 e. The number of carbonyl (C=O) groups is 1. The molecule has 0 heterocycles. The van der Waals surface area contributed by atoms with E-state index in [1.54, 1.807) is 7.11 Å². The van der Waals surface area contributed by atoms with Gasteiger partial charge in [-0.2, -0.15) is 0 Å². The van der Waals surface area contributed by atoms with Crippen LogP contribution in [-0.2, 0) is 0 Å². The van der Waals surface area contributed by atoms with Crippen molar-refractivity contribution in [3.05, 3.63) is 29.8 Å². The lowest BCUT2D eigenvalue weighted by molar-refractivity contribution is 0.0867. The van der Waals surface area contributed by atoms with E-state index in [2.05, 4.69) is 4.90 Å². The van der Waals surface area contributed by atoms with Gasteiger partial charge in [0.05, 0.1) is 19.2 Å². The molecular weight excluding hydrogens is 214 g/mol. The molecule has 0 aromatic heterocycles. The van der Waals surface area contributed by atoms with E-state index >= 15 is 0 Å². The first-order valence-corrected chi connectivity index (χ1v) is 6.09. The molecule has 0 radical (unpaired) electrons. The Morgan fingerprint density at radius 1 is 1.41 bits per heavy atom. The summed E-state index contributed by atoms with van der Waals surface area (Å²) < 4.78 is 5.21. The largest absolute Gasteiger partial charge is 0.496 e. The van der Waals surface area contributed by atoms with Gasteiger partial charge in [-0.05, 0) is 32.0 Å². The van der Waals surface area contributed by atoms with Crippen molar-refractivity contribution < 1.29 is 9.53 Å². The lowest BCUT2D eigenvalue weighted by Gasteiger charge is -2.34. The second-order valence-corrected chi connectivity index (χ2v) is 4.62. The van der Waals surface area contributed by atoms with Crippen molar-refractivity contribution in [2.75, 3.05) is 20.7 Å². The van der Waals surface area contributed by atoms with Gasteiger partial charge in [-0.25, -0.2) is 0 Å². The van der Waals surface area contributed by atoms with E-state index in [-0.39, 0.29) is 5.78 Å². The molecule has 92 valence electrons. The average molecular weight is 233 g/mol. The summed E-state index contributed by atoms with van der Waals surface area (Å²) in [5.41, 5.74) is 0.682. The molecule has 3 nitrogen and oxygen atoms in total. The molecule has 0 unspecified atom stereocenters. The van der Waals surface area contributed by atoms with Gasteiger partial charge in [0.2, 0.25) is 0 Å². The number of hydrogen-bond donors (Lipinski definition) is 0. The van der Waals surface area contributed by atoms with Gasteiger partial charge in [0.15, 0.2) is 5.78 Å². The van der Waals surface area contributed by atoms with Gasteiger partial charge in [-0.15, -0.1) is 0 Å². The first-order valence-electron chi connectivity index (χ1n) is 6.09. The number of nitrogens with zero attached hydrogens (tertiary/aromatic N) is 1. The van der Waals surface area contributed by atoms with Crippen molar-refractivity contribution in [2.24, 2.45) is 0 Å². The Labute approximate surface area is 102 Å². The van der Waals surface area contributed by atoms with E-state index in [1.165, 1.54) is 19.3 Å². The predicted octanol–water partition coefficient (Wildman–Crippen LogP) is 2.36. The maximum absolute atomic E-state index is 12.2. The van der Waals surface area contributed by atoms with Gasteiger partial charge >= 0.3 is 0 Å². The van der Waals surface area contributed by atoms with E-state index in [0.717, 1.165) is 0 Å². The van der Waals surface area contributed by atoms with Crippen LogP contribution in [0.1, 0.15) is 29.6 Å². The topological polar surface area (TPSA) is 29.5 Å². The third-order valence-corrected chi connectivity index (χ3v) is 3.50. The highest BCUT2D eigenvalue weighted by atomic mass is 16.5. The Bertz CT molecular complexity index is 399. The summed E-state index contributed by atoms with van der Waals surface area (Å²) in [7, 11) is 3.62. The van der Waals surface area contributed by atoms with Gasteiger partial charge in [0, 0.05) is 6.04 Å². The van der Waals surface area contributed by atoms with Crippen molar-refractivity contribution >= 4 is 5.78 Å². The Balaban J connectivity index is 2.03. The number of methoxy groups -OCH3 is 1. The molecule has 1 aliphatic rings. The van der Waals surface area contributed by atoms with Crippen LogP contribution < -0.4 is 4.74 Å². The van der Waals surface area contributed by atoms with Crippen LogP contribution in [-0.4, -0.2) is 37.4 Å². The lowest BCUT2D eigenvalue weighted by atomic mass is 9.91. The summed E-state index contributed by atoms with van der Waals surface area (Å²) in [6.07, 6.45) is 3.73. The number of likely N-dealkylation sites (N-methyl/N-ethyl adjacent to an activating group) is 1. The highest BCUT2D eigenvalue weighted by Crippen LogP contribution is 2.24. The quantitative estimate of drug-likeness (QED) is 0.731. The van der Waals surface area contributed by atoms with Gasteiger partial charge in [-0.3, -0.25) is 9.69 Å². The molecule has 1 aromatic rings. The Kier molecular flexibility index (Phi) is 3.79. The summed E-state index contributed by atoms with van der Waals surface area (Å²) in [6.45, 7) is 0.477. The predicted molar refractivity (Wildman–Crippen MR) is 67.6 cm³/mol. The first-order chi connectivity index (χ1) is 8.22. The third kappa shape index (κ3) is 2.67. The fourth-order valence-electron chi connectivity index (χ4n) is 2.14. The third-order valence-electron chi connectivity index (χ3n) is 3.50. The number of hydrogen-bond acceptors (Lipinski definition) is 3. The van der Waals surface area contributed by atoms with Gasteiger partial charge in [-0.1, -0.05) is 18.6 Å². The molecule has 0 spiro atoms. The SMILES string of the molecule is COc1ccccc1C(=O)CN(C)C1CCC1. The molecule has 0 aliphatic heterocycles. The summed E-state index contributed by atoms with van der Waals surface area (Å²) in [6, 6.07) is 8.00. The minimum absolute atomic E-state index is 0.136. The molecule has 3 heteroatoms. The number of rotatable bonds is 5. The molecule has 0 saturated heterocycles. The Hall–Kier alpha value is -1.35. The fraction of sp³-hybridized carbons (Fsp3) is 0.500. The van der Waals surface area contributed by atoms with Crippen LogP contribution in [0.3, 0.4) is 0 Å². The van der Waals surface area contributed by atoms with Gasteiger partial charge in [0.1, 0.15) is 5.75 Å². The van der Waals surface area contributed by atoms with Gasteiger partial charge < -0.3 is 4.74 Å². The second kappa shape index (κ2) is 5.32. The molecule has 17 heavy (non-hydrogen) atoms. The lowest BCUT2D eigenvalue weighted by Crippen LogP contribution is -2.40. The Morgan fingerprint density at radius 3 is 2.71 bits per heavy atom. The van der Waals surface area contributed by atoms with Crippen molar-refractivity contribution in [3.8, 4) is 5.75 Å². The second-order valence-electron chi connectivity index (χ2n) is 4.62. The maximum Gasteiger partial charge on any atom is 0.180 e. The van der Waals surface area contributed by atoms with E-state index in [9.17, 15) is 4.79 Å². The normalized spacial score (nSPS) is 15.7. The number of ketones is 1. The van der Waals surface area contributed by atoms with Crippen LogP contribution >= 0.6 is 0 Å². The molecule has 0 bridgehead atoms. The fourth-order valence-corrected chi connectivity index (χ4v) is 2.14. The first kappa shape index (κ1) is 12.1. The van der Waals surface area contributed by atoms with Crippen LogP contribution in [0.4, 0.5) is 0 Å². The molecular formula is C14H19NO2. The summed E-state index contributed by atoms with van der Waals surface area (Å²) in [4.78, 5) is 14.3. The van der Waals surface area contributed by atoms with Crippen molar-refractivity contribution in [3.63, 3.8) is 0 Å². The highest BCUT2D eigenvalue weighted by molar-refractivity contribution is 6.00. The molecule has 1 aliphatic carbocycles. The number of benzene rings is 1. The van der Waals surface area contributed by atoms with Gasteiger partial charge in [0.25, 0.3) is 0 Å². The number of Topliss-reactive ketones (excluding diaryl/α,β-unsaturated/α-hetero) is 1. The molecule has 0 atom stereocenters. The minimum Gasteiger partial charge on any atom is -0.496 e. The summed E-state index contributed by atoms with van der Waals surface area (Å²) in [5, 5.41) is 0. The zero-order valence-corrected chi connectivity index (χ0v) is 10.5. The molecule has 0 amide bonds. The molecule has 0 N–H and O–H groups in total. The minimum atomic E-state index is 0.136. The summed E-state index contributed by atoms with van der Waals surface area (Å²) >= 11 is 0.